The Morgan fingerprint density at radius 1 is 0.933 bits per heavy atom. The molecule has 6 heteroatoms. The molecular weight excluding hydrogens is 394 g/mol. The van der Waals surface area contributed by atoms with E-state index in [0.29, 0.717) is 18.7 Å². The zero-order valence-electron chi connectivity index (χ0n) is 17.0. The second kappa shape index (κ2) is 9.13. The van der Waals surface area contributed by atoms with Crippen LogP contribution in [0.25, 0.3) is 0 Å². The SMILES string of the molecule is CCc1ccc(C(=O)Nc2ccc(N3CCN(C(=O)c4cccs4)CC3)cc2)cc1. The molecule has 1 aliphatic rings. The molecule has 2 amide bonds. The summed E-state index contributed by atoms with van der Waals surface area (Å²) in [5.74, 6) is 0.0146. The van der Waals surface area contributed by atoms with E-state index >= 15 is 0 Å². The number of hydrogen-bond acceptors (Lipinski definition) is 4. The normalized spacial score (nSPS) is 13.9. The number of anilines is 2. The molecule has 1 N–H and O–H groups in total. The third kappa shape index (κ3) is 4.54. The number of aryl methyl sites for hydroxylation is 1. The highest BCUT2D eigenvalue weighted by Crippen LogP contribution is 2.21. The topological polar surface area (TPSA) is 52.7 Å². The van der Waals surface area contributed by atoms with Crippen LogP contribution in [0.3, 0.4) is 0 Å². The Balaban J connectivity index is 1.32. The van der Waals surface area contributed by atoms with Gasteiger partial charge in [-0.1, -0.05) is 25.1 Å². The van der Waals surface area contributed by atoms with Crippen LogP contribution in [0.15, 0.2) is 66.0 Å². The van der Waals surface area contributed by atoms with Crippen LogP contribution >= 0.6 is 11.3 Å². The van der Waals surface area contributed by atoms with Gasteiger partial charge in [0.2, 0.25) is 0 Å². The zero-order chi connectivity index (χ0) is 20.9. The lowest BCUT2D eigenvalue weighted by molar-refractivity contribution is 0.0751. The van der Waals surface area contributed by atoms with Crippen LogP contribution in [0.5, 0.6) is 0 Å². The summed E-state index contributed by atoms with van der Waals surface area (Å²) in [6, 6.07) is 19.4. The lowest BCUT2D eigenvalue weighted by Gasteiger charge is -2.36. The van der Waals surface area contributed by atoms with Crippen molar-refractivity contribution >= 4 is 34.5 Å². The van der Waals surface area contributed by atoms with Gasteiger partial charge in [-0.05, 0) is 59.8 Å². The summed E-state index contributed by atoms with van der Waals surface area (Å²) in [6.07, 6.45) is 0.958. The molecular formula is C24H25N3O2S. The largest absolute Gasteiger partial charge is 0.368 e. The Hall–Kier alpha value is -3.12. The Labute approximate surface area is 180 Å². The summed E-state index contributed by atoms with van der Waals surface area (Å²) in [6.45, 7) is 5.11. The zero-order valence-corrected chi connectivity index (χ0v) is 17.8. The molecule has 4 rings (SSSR count). The van der Waals surface area contributed by atoms with Crippen LogP contribution in [-0.2, 0) is 6.42 Å². The van der Waals surface area contributed by atoms with E-state index in [9.17, 15) is 9.59 Å². The molecule has 1 fully saturated rings. The van der Waals surface area contributed by atoms with Crippen LogP contribution in [0, 0.1) is 0 Å². The first-order valence-electron chi connectivity index (χ1n) is 10.2. The van der Waals surface area contributed by atoms with Crippen LogP contribution in [0.1, 0.15) is 32.5 Å². The Morgan fingerprint density at radius 3 is 2.23 bits per heavy atom. The van der Waals surface area contributed by atoms with Crippen LogP contribution in [0.4, 0.5) is 11.4 Å². The van der Waals surface area contributed by atoms with E-state index in [0.717, 1.165) is 35.8 Å². The third-order valence-electron chi connectivity index (χ3n) is 5.41. The molecule has 1 aromatic heterocycles. The molecule has 0 saturated carbocycles. The lowest BCUT2D eigenvalue weighted by atomic mass is 10.1. The number of piperazine rings is 1. The van der Waals surface area contributed by atoms with Crippen molar-refractivity contribution in [1.29, 1.82) is 0 Å². The van der Waals surface area contributed by atoms with Crippen molar-refractivity contribution in [3.8, 4) is 0 Å². The number of amides is 2. The molecule has 0 radical (unpaired) electrons. The van der Waals surface area contributed by atoms with E-state index < -0.39 is 0 Å². The smallest absolute Gasteiger partial charge is 0.264 e. The van der Waals surface area contributed by atoms with E-state index in [2.05, 4.69) is 17.1 Å². The van der Waals surface area contributed by atoms with Gasteiger partial charge in [-0.3, -0.25) is 9.59 Å². The van der Waals surface area contributed by atoms with Gasteiger partial charge in [0.15, 0.2) is 0 Å². The maximum atomic E-state index is 12.5. The highest BCUT2D eigenvalue weighted by molar-refractivity contribution is 7.12. The van der Waals surface area contributed by atoms with Gasteiger partial charge in [-0.2, -0.15) is 0 Å². The van der Waals surface area contributed by atoms with E-state index in [1.54, 1.807) is 0 Å². The van der Waals surface area contributed by atoms with Crippen molar-refractivity contribution in [2.45, 2.75) is 13.3 Å². The van der Waals surface area contributed by atoms with Gasteiger partial charge >= 0.3 is 0 Å². The predicted molar refractivity (Wildman–Crippen MR) is 123 cm³/mol. The van der Waals surface area contributed by atoms with Gasteiger partial charge in [-0.15, -0.1) is 11.3 Å². The molecule has 2 aromatic carbocycles. The van der Waals surface area contributed by atoms with Crippen molar-refractivity contribution in [3.05, 3.63) is 82.0 Å². The number of hydrogen-bond donors (Lipinski definition) is 1. The molecule has 0 unspecified atom stereocenters. The maximum absolute atomic E-state index is 12.5. The highest BCUT2D eigenvalue weighted by atomic mass is 32.1. The summed E-state index contributed by atoms with van der Waals surface area (Å²) in [5.41, 5.74) is 3.74. The van der Waals surface area contributed by atoms with Gasteiger partial charge in [0.05, 0.1) is 4.88 Å². The monoisotopic (exact) mass is 419 g/mol. The van der Waals surface area contributed by atoms with Gasteiger partial charge in [-0.25, -0.2) is 0 Å². The fourth-order valence-electron chi connectivity index (χ4n) is 3.57. The molecule has 5 nitrogen and oxygen atoms in total. The van der Waals surface area contributed by atoms with E-state index in [4.69, 9.17) is 0 Å². The average molecular weight is 420 g/mol. The molecule has 0 atom stereocenters. The van der Waals surface area contributed by atoms with Gasteiger partial charge in [0, 0.05) is 43.1 Å². The summed E-state index contributed by atoms with van der Waals surface area (Å²) in [5, 5.41) is 4.89. The summed E-state index contributed by atoms with van der Waals surface area (Å²) < 4.78 is 0. The Bertz CT molecular complexity index is 990. The van der Waals surface area contributed by atoms with Crippen LogP contribution < -0.4 is 10.2 Å². The number of nitrogens with zero attached hydrogens (tertiary/aromatic N) is 2. The molecule has 1 saturated heterocycles. The summed E-state index contributed by atoms with van der Waals surface area (Å²) >= 11 is 1.49. The van der Waals surface area contributed by atoms with Crippen molar-refractivity contribution in [1.82, 2.24) is 4.90 Å². The minimum Gasteiger partial charge on any atom is -0.368 e. The first-order valence-corrected chi connectivity index (χ1v) is 11.1. The van der Waals surface area contributed by atoms with E-state index in [1.165, 1.54) is 16.9 Å². The lowest BCUT2D eigenvalue weighted by Crippen LogP contribution is -2.48. The van der Waals surface area contributed by atoms with Crippen molar-refractivity contribution < 1.29 is 9.59 Å². The molecule has 3 aromatic rings. The molecule has 1 aliphatic heterocycles. The minimum absolute atomic E-state index is 0.105. The molecule has 154 valence electrons. The second-order valence-electron chi connectivity index (χ2n) is 7.31. The number of benzene rings is 2. The first kappa shape index (κ1) is 20.2. The fraction of sp³-hybridized carbons (Fsp3) is 0.250. The van der Waals surface area contributed by atoms with Crippen molar-refractivity contribution in [2.24, 2.45) is 0 Å². The van der Waals surface area contributed by atoms with Gasteiger partial charge < -0.3 is 15.1 Å². The molecule has 0 spiro atoms. The maximum Gasteiger partial charge on any atom is 0.264 e. The van der Waals surface area contributed by atoms with Crippen LogP contribution in [-0.4, -0.2) is 42.9 Å². The quantitative estimate of drug-likeness (QED) is 0.661. The third-order valence-corrected chi connectivity index (χ3v) is 6.27. The Kier molecular flexibility index (Phi) is 6.14. The van der Waals surface area contributed by atoms with E-state index in [-0.39, 0.29) is 11.8 Å². The summed E-state index contributed by atoms with van der Waals surface area (Å²) in [7, 11) is 0. The molecule has 0 bridgehead atoms. The minimum atomic E-state index is -0.105. The fourth-order valence-corrected chi connectivity index (χ4v) is 4.27. The predicted octanol–water partition coefficient (Wildman–Crippen LogP) is 4.53. The second-order valence-corrected chi connectivity index (χ2v) is 8.26. The van der Waals surface area contributed by atoms with Crippen LogP contribution in [0.2, 0.25) is 0 Å². The highest BCUT2D eigenvalue weighted by Gasteiger charge is 2.22. The standard InChI is InChI=1S/C24H25N3O2S/c1-2-18-5-7-19(8-6-18)23(28)25-20-9-11-21(12-10-20)26-13-15-27(16-14-26)24(29)22-4-3-17-30-22/h3-12,17H,2,13-16H2,1H3,(H,25,28). The Morgan fingerprint density at radius 2 is 1.63 bits per heavy atom. The molecule has 30 heavy (non-hydrogen) atoms. The molecule has 2 heterocycles. The number of carbonyl (C=O) groups is 2. The number of thiophene rings is 1. The summed E-state index contributed by atoms with van der Waals surface area (Å²) in [4.78, 5) is 29.9. The number of rotatable bonds is 5. The van der Waals surface area contributed by atoms with Gasteiger partial charge in [0.1, 0.15) is 0 Å². The van der Waals surface area contributed by atoms with E-state index in [1.807, 2.05) is 70.9 Å². The number of nitrogens with one attached hydrogen (secondary N) is 1. The number of carbonyl (C=O) groups excluding carboxylic acids is 2. The van der Waals surface area contributed by atoms with Crippen molar-refractivity contribution in [2.75, 3.05) is 36.4 Å². The first-order chi connectivity index (χ1) is 14.6. The van der Waals surface area contributed by atoms with Crippen molar-refractivity contribution in [3.63, 3.8) is 0 Å². The molecule has 0 aliphatic carbocycles. The average Bonchev–Trinajstić information content (AvgIpc) is 3.34. The van der Waals surface area contributed by atoms with Gasteiger partial charge in [0.25, 0.3) is 11.8 Å².